The molecule has 3 heteroatoms. The Bertz CT molecular complexity index is 1070. The minimum atomic E-state index is 0.326. The summed E-state index contributed by atoms with van der Waals surface area (Å²) in [6, 6.07) is 19.9. The number of hydrogen-bond donors (Lipinski definition) is 1. The van der Waals surface area contributed by atoms with Gasteiger partial charge < -0.3 is 9.47 Å². The Labute approximate surface area is 174 Å². The van der Waals surface area contributed by atoms with E-state index in [0.717, 1.165) is 0 Å². The predicted molar refractivity (Wildman–Crippen MR) is 124 cm³/mol. The van der Waals surface area contributed by atoms with Gasteiger partial charge in [0.05, 0.1) is 7.05 Å². The second kappa shape index (κ2) is 7.76. The van der Waals surface area contributed by atoms with Gasteiger partial charge in [0, 0.05) is 48.5 Å². The standard InChI is InChI=1S/C26H29N3/c1-19-17-21(20(2)29(19)24-9-7-6-8-10-24)11-13-23-14-12-22-18-25(27(3)4)15-16-26(22)28(23)5/h6-18,23H,1-5H3/p+1. The van der Waals surface area contributed by atoms with E-state index in [2.05, 4.69) is 123 Å². The van der Waals surface area contributed by atoms with E-state index in [1.807, 2.05) is 0 Å². The lowest BCUT2D eigenvalue weighted by molar-refractivity contribution is -0.824. The van der Waals surface area contributed by atoms with Crippen molar-refractivity contribution in [3.8, 4) is 5.69 Å². The number of aromatic nitrogens is 1. The number of hydrogen-bond acceptors (Lipinski definition) is 1. The summed E-state index contributed by atoms with van der Waals surface area (Å²) in [5, 5.41) is 0. The summed E-state index contributed by atoms with van der Waals surface area (Å²) in [4.78, 5) is 3.55. The lowest BCUT2D eigenvalue weighted by atomic mass is 10.0. The fraction of sp³-hybridized carbons (Fsp3) is 0.231. The Kier molecular flexibility index (Phi) is 5.16. The fourth-order valence-corrected chi connectivity index (χ4v) is 4.20. The molecule has 3 nitrogen and oxygen atoms in total. The molecule has 2 atom stereocenters. The van der Waals surface area contributed by atoms with Crippen LogP contribution in [-0.2, 0) is 0 Å². The molecule has 3 aromatic rings. The van der Waals surface area contributed by atoms with Crippen LogP contribution in [0.4, 0.5) is 11.4 Å². The molecule has 1 aliphatic rings. The highest BCUT2D eigenvalue weighted by Crippen LogP contribution is 2.25. The quantitative estimate of drug-likeness (QED) is 0.703. The van der Waals surface area contributed by atoms with Crippen molar-refractivity contribution >= 4 is 23.5 Å². The molecule has 0 amide bonds. The predicted octanol–water partition coefficient (Wildman–Crippen LogP) is 4.42. The molecule has 1 aliphatic heterocycles. The van der Waals surface area contributed by atoms with Gasteiger partial charge in [0.15, 0.2) is 0 Å². The Balaban J connectivity index is 1.60. The molecule has 1 aromatic heterocycles. The number of anilines is 1. The first kappa shape index (κ1) is 19.3. The smallest absolute Gasteiger partial charge is 0.139 e. The van der Waals surface area contributed by atoms with E-state index in [9.17, 15) is 0 Å². The maximum absolute atomic E-state index is 2.33. The van der Waals surface area contributed by atoms with Crippen molar-refractivity contribution in [1.29, 1.82) is 0 Å². The van der Waals surface area contributed by atoms with Crippen molar-refractivity contribution in [2.45, 2.75) is 19.9 Å². The van der Waals surface area contributed by atoms with Gasteiger partial charge in [-0.1, -0.05) is 24.3 Å². The summed E-state index contributed by atoms with van der Waals surface area (Å²) in [7, 11) is 6.42. The topological polar surface area (TPSA) is 12.6 Å². The third kappa shape index (κ3) is 3.66. The summed E-state index contributed by atoms with van der Waals surface area (Å²) < 4.78 is 2.32. The van der Waals surface area contributed by atoms with Crippen molar-refractivity contribution in [2.75, 3.05) is 26.0 Å². The van der Waals surface area contributed by atoms with Gasteiger partial charge in [-0.2, -0.15) is 0 Å². The zero-order valence-corrected chi connectivity index (χ0v) is 18.0. The van der Waals surface area contributed by atoms with Crippen LogP contribution < -0.4 is 9.80 Å². The number of nitrogens with zero attached hydrogens (tertiary/aromatic N) is 2. The van der Waals surface area contributed by atoms with Crippen molar-refractivity contribution in [3.05, 3.63) is 89.3 Å². The Hall–Kier alpha value is -3.04. The minimum Gasteiger partial charge on any atom is -0.378 e. The first-order valence-corrected chi connectivity index (χ1v) is 10.2. The highest BCUT2D eigenvalue weighted by atomic mass is 15.1. The molecule has 0 saturated carbocycles. The van der Waals surface area contributed by atoms with Gasteiger partial charge in [0.1, 0.15) is 11.7 Å². The molecule has 2 aromatic carbocycles. The zero-order valence-electron chi connectivity index (χ0n) is 18.0. The van der Waals surface area contributed by atoms with Gasteiger partial charge in [-0.25, -0.2) is 0 Å². The van der Waals surface area contributed by atoms with Gasteiger partial charge in [0.2, 0.25) is 0 Å². The molecule has 4 rings (SSSR count). The Morgan fingerprint density at radius 3 is 2.48 bits per heavy atom. The van der Waals surface area contributed by atoms with E-state index in [0.29, 0.717) is 6.04 Å². The number of quaternary nitrogens is 1. The number of rotatable bonds is 4. The molecule has 0 fully saturated rings. The minimum absolute atomic E-state index is 0.326. The van der Waals surface area contributed by atoms with E-state index in [4.69, 9.17) is 0 Å². The van der Waals surface area contributed by atoms with E-state index in [1.54, 1.807) is 0 Å². The van der Waals surface area contributed by atoms with Crippen LogP contribution in [0.5, 0.6) is 0 Å². The van der Waals surface area contributed by atoms with Crippen LogP contribution in [0.3, 0.4) is 0 Å². The largest absolute Gasteiger partial charge is 0.378 e. The molecule has 0 saturated heterocycles. The normalized spacial score (nSPS) is 18.2. The van der Waals surface area contributed by atoms with Crippen LogP contribution in [0.15, 0.2) is 66.7 Å². The number of nitrogens with one attached hydrogen (secondary N) is 1. The number of fused-ring (bicyclic) bond motifs is 1. The van der Waals surface area contributed by atoms with Gasteiger partial charge in [-0.3, -0.25) is 4.90 Å². The average Bonchev–Trinajstić information content (AvgIpc) is 3.01. The molecule has 2 heterocycles. The average molecular weight is 385 g/mol. The summed E-state index contributed by atoms with van der Waals surface area (Å²) in [5.74, 6) is 0. The molecule has 0 spiro atoms. The molecule has 0 radical (unpaired) electrons. The van der Waals surface area contributed by atoms with E-state index in [1.165, 1.54) is 44.5 Å². The van der Waals surface area contributed by atoms with Gasteiger partial charge in [0.25, 0.3) is 0 Å². The summed E-state index contributed by atoms with van der Waals surface area (Å²) in [6.07, 6.45) is 9.17. The third-order valence-corrected chi connectivity index (χ3v) is 5.93. The van der Waals surface area contributed by atoms with E-state index >= 15 is 0 Å². The van der Waals surface area contributed by atoms with E-state index in [-0.39, 0.29) is 0 Å². The van der Waals surface area contributed by atoms with Gasteiger partial charge in [-0.05, 0) is 68.0 Å². The SMILES string of the molecule is Cc1cc(C=CC2C=Cc3cc(N(C)C)ccc3[NH+]2C)c(C)n1-c1ccccc1. The molecule has 29 heavy (non-hydrogen) atoms. The Morgan fingerprint density at radius 2 is 1.76 bits per heavy atom. The van der Waals surface area contributed by atoms with Crippen LogP contribution in [0.1, 0.15) is 22.5 Å². The van der Waals surface area contributed by atoms with Crippen molar-refractivity contribution in [3.63, 3.8) is 0 Å². The molecule has 2 unspecified atom stereocenters. The maximum atomic E-state index is 2.33. The van der Waals surface area contributed by atoms with Crippen LogP contribution in [-0.4, -0.2) is 31.8 Å². The van der Waals surface area contributed by atoms with Crippen molar-refractivity contribution < 1.29 is 4.90 Å². The number of aryl methyl sites for hydroxylation is 1. The van der Waals surface area contributed by atoms with E-state index < -0.39 is 0 Å². The summed E-state index contributed by atoms with van der Waals surface area (Å²) >= 11 is 0. The molecule has 1 N–H and O–H groups in total. The first-order chi connectivity index (χ1) is 14.0. The molecule has 0 bridgehead atoms. The zero-order chi connectivity index (χ0) is 20.5. The summed E-state index contributed by atoms with van der Waals surface area (Å²) in [5.41, 5.74) is 8.93. The third-order valence-electron chi connectivity index (χ3n) is 5.93. The Morgan fingerprint density at radius 1 is 1.00 bits per heavy atom. The molecular weight excluding hydrogens is 354 g/mol. The second-order valence-corrected chi connectivity index (χ2v) is 8.09. The van der Waals surface area contributed by atoms with Gasteiger partial charge in [-0.15, -0.1) is 0 Å². The van der Waals surface area contributed by atoms with Gasteiger partial charge >= 0.3 is 0 Å². The highest BCUT2D eigenvalue weighted by molar-refractivity contribution is 5.69. The molecule has 148 valence electrons. The lowest BCUT2D eigenvalue weighted by Crippen LogP contribution is -3.08. The monoisotopic (exact) mass is 384 g/mol. The second-order valence-electron chi connectivity index (χ2n) is 8.09. The number of benzene rings is 2. The van der Waals surface area contributed by atoms with Crippen LogP contribution in [0.25, 0.3) is 17.8 Å². The fourth-order valence-electron chi connectivity index (χ4n) is 4.20. The van der Waals surface area contributed by atoms with Crippen molar-refractivity contribution in [2.24, 2.45) is 0 Å². The maximum Gasteiger partial charge on any atom is 0.139 e. The first-order valence-electron chi connectivity index (χ1n) is 10.2. The number of likely N-dealkylation sites (N-methyl/N-ethyl adjacent to an activating group) is 1. The van der Waals surface area contributed by atoms with Crippen molar-refractivity contribution in [1.82, 2.24) is 4.57 Å². The highest BCUT2D eigenvalue weighted by Gasteiger charge is 2.22. The summed E-state index contributed by atoms with van der Waals surface area (Å²) in [6.45, 7) is 4.37. The van der Waals surface area contributed by atoms with Crippen LogP contribution in [0.2, 0.25) is 0 Å². The lowest BCUT2D eigenvalue weighted by Gasteiger charge is -2.26. The van der Waals surface area contributed by atoms with Crippen LogP contribution >= 0.6 is 0 Å². The molecule has 0 aliphatic carbocycles. The van der Waals surface area contributed by atoms with Crippen LogP contribution in [0, 0.1) is 13.8 Å². The molecular formula is C26H30N3+. The number of para-hydroxylation sites is 1.